The fourth-order valence-electron chi connectivity index (χ4n) is 2.38. The number of nitrogens with two attached hydrogens (primary N) is 1. The number of hydrogen-bond donors (Lipinski definition) is 2. The van der Waals surface area contributed by atoms with Gasteiger partial charge < -0.3 is 11.1 Å². The van der Waals surface area contributed by atoms with Gasteiger partial charge >= 0.3 is 0 Å². The van der Waals surface area contributed by atoms with Gasteiger partial charge in [0.15, 0.2) is 0 Å². The lowest BCUT2D eigenvalue weighted by Crippen LogP contribution is -2.19. The summed E-state index contributed by atoms with van der Waals surface area (Å²) >= 11 is 6.11. The van der Waals surface area contributed by atoms with Crippen molar-refractivity contribution >= 4 is 23.1 Å². The standard InChI is InChI=1S/C13H20ClN3/c1-9-3-2-4-11(6-5-9)17-13-12(14)7-10(15)8-16-13/h7-9,11H,2-6,15H2,1H3,(H,16,17). The summed E-state index contributed by atoms with van der Waals surface area (Å²) in [5.74, 6) is 1.61. The first-order valence-corrected chi connectivity index (χ1v) is 6.70. The summed E-state index contributed by atoms with van der Waals surface area (Å²) in [5.41, 5.74) is 6.24. The Bertz CT molecular complexity index is 381. The Kier molecular flexibility index (Phi) is 4.11. The van der Waals surface area contributed by atoms with Gasteiger partial charge in [0.1, 0.15) is 5.82 Å². The predicted molar refractivity (Wildman–Crippen MR) is 73.3 cm³/mol. The van der Waals surface area contributed by atoms with Crippen molar-refractivity contribution in [3.05, 3.63) is 17.3 Å². The van der Waals surface area contributed by atoms with Crippen LogP contribution in [0.2, 0.25) is 5.02 Å². The molecule has 0 radical (unpaired) electrons. The fraction of sp³-hybridized carbons (Fsp3) is 0.615. The van der Waals surface area contributed by atoms with Gasteiger partial charge in [0, 0.05) is 6.04 Å². The first-order chi connectivity index (χ1) is 8.15. The Morgan fingerprint density at radius 2 is 2.18 bits per heavy atom. The first kappa shape index (κ1) is 12.5. The van der Waals surface area contributed by atoms with Crippen LogP contribution in [0.1, 0.15) is 39.0 Å². The number of nitrogen functional groups attached to an aromatic ring is 1. The topological polar surface area (TPSA) is 50.9 Å². The molecule has 1 heterocycles. The monoisotopic (exact) mass is 253 g/mol. The molecule has 1 fully saturated rings. The molecule has 1 aromatic heterocycles. The quantitative estimate of drug-likeness (QED) is 0.791. The molecule has 94 valence electrons. The van der Waals surface area contributed by atoms with Gasteiger partial charge in [-0.1, -0.05) is 31.4 Å². The van der Waals surface area contributed by atoms with E-state index in [1.54, 1.807) is 12.3 Å². The summed E-state index contributed by atoms with van der Waals surface area (Å²) in [6, 6.07) is 2.24. The zero-order valence-electron chi connectivity index (χ0n) is 10.2. The maximum absolute atomic E-state index is 6.11. The molecule has 2 rings (SSSR count). The van der Waals surface area contributed by atoms with Crippen LogP contribution >= 0.6 is 11.6 Å². The molecule has 0 bridgehead atoms. The number of nitrogens with one attached hydrogen (secondary N) is 1. The van der Waals surface area contributed by atoms with Crippen LogP contribution in [0.15, 0.2) is 12.3 Å². The molecule has 1 aliphatic carbocycles. The van der Waals surface area contributed by atoms with Crippen LogP contribution in [-0.4, -0.2) is 11.0 Å². The van der Waals surface area contributed by atoms with Crippen LogP contribution in [0.4, 0.5) is 11.5 Å². The lowest BCUT2D eigenvalue weighted by Gasteiger charge is -2.17. The van der Waals surface area contributed by atoms with E-state index in [-0.39, 0.29) is 0 Å². The molecular formula is C13H20ClN3. The number of nitrogens with zero attached hydrogens (tertiary/aromatic N) is 1. The van der Waals surface area contributed by atoms with Gasteiger partial charge in [-0.05, 0) is 31.2 Å². The third-order valence-electron chi connectivity index (χ3n) is 3.46. The third-order valence-corrected chi connectivity index (χ3v) is 3.75. The lowest BCUT2D eigenvalue weighted by molar-refractivity contribution is 0.502. The minimum Gasteiger partial charge on any atom is -0.397 e. The molecule has 4 heteroatoms. The minimum absolute atomic E-state index is 0.494. The average molecular weight is 254 g/mol. The highest BCUT2D eigenvalue weighted by Crippen LogP contribution is 2.27. The maximum atomic E-state index is 6.11. The highest BCUT2D eigenvalue weighted by Gasteiger charge is 2.17. The molecule has 3 nitrogen and oxygen atoms in total. The van der Waals surface area contributed by atoms with Crippen LogP contribution in [0.25, 0.3) is 0 Å². The average Bonchev–Trinajstić information content (AvgIpc) is 2.48. The second-order valence-corrected chi connectivity index (χ2v) is 5.46. The van der Waals surface area contributed by atoms with Crippen molar-refractivity contribution in [2.24, 2.45) is 5.92 Å². The van der Waals surface area contributed by atoms with E-state index in [2.05, 4.69) is 17.2 Å². The molecule has 3 N–H and O–H groups in total. The van der Waals surface area contributed by atoms with Crippen molar-refractivity contribution < 1.29 is 0 Å². The van der Waals surface area contributed by atoms with Gasteiger partial charge in [0.25, 0.3) is 0 Å². The number of rotatable bonds is 2. The summed E-state index contributed by atoms with van der Waals surface area (Å²) in [7, 11) is 0. The van der Waals surface area contributed by atoms with Gasteiger partial charge in [0.2, 0.25) is 0 Å². The number of anilines is 2. The molecule has 2 unspecified atom stereocenters. The Labute approximate surface area is 108 Å². The first-order valence-electron chi connectivity index (χ1n) is 6.32. The Morgan fingerprint density at radius 1 is 1.35 bits per heavy atom. The van der Waals surface area contributed by atoms with Crippen molar-refractivity contribution in [1.29, 1.82) is 0 Å². The van der Waals surface area contributed by atoms with Gasteiger partial charge in [-0.2, -0.15) is 0 Å². The van der Waals surface area contributed by atoms with Gasteiger partial charge in [0.05, 0.1) is 16.9 Å². The molecule has 1 aromatic rings. The van der Waals surface area contributed by atoms with Crippen molar-refractivity contribution in [2.45, 2.75) is 45.1 Å². The van der Waals surface area contributed by atoms with E-state index in [1.165, 1.54) is 32.1 Å². The molecular weight excluding hydrogens is 234 g/mol. The molecule has 1 aliphatic rings. The molecule has 17 heavy (non-hydrogen) atoms. The van der Waals surface area contributed by atoms with E-state index in [9.17, 15) is 0 Å². The van der Waals surface area contributed by atoms with Crippen LogP contribution in [0.3, 0.4) is 0 Å². The van der Waals surface area contributed by atoms with E-state index in [4.69, 9.17) is 17.3 Å². The highest BCUT2D eigenvalue weighted by molar-refractivity contribution is 6.33. The maximum Gasteiger partial charge on any atom is 0.145 e. The zero-order chi connectivity index (χ0) is 12.3. The number of aromatic nitrogens is 1. The van der Waals surface area contributed by atoms with Gasteiger partial charge in [-0.15, -0.1) is 0 Å². The second-order valence-electron chi connectivity index (χ2n) is 5.05. The van der Waals surface area contributed by atoms with E-state index in [0.717, 1.165) is 11.7 Å². The van der Waals surface area contributed by atoms with Crippen molar-refractivity contribution in [3.63, 3.8) is 0 Å². The summed E-state index contributed by atoms with van der Waals surface area (Å²) in [6.45, 7) is 2.33. The smallest absolute Gasteiger partial charge is 0.145 e. The van der Waals surface area contributed by atoms with Crippen molar-refractivity contribution in [3.8, 4) is 0 Å². The van der Waals surface area contributed by atoms with Crippen LogP contribution in [0, 0.1) is 5.92 Å². The van der Waals surface area contributed by atoms with Crippen LogP contribution in [-0.2, 0) is 0 Å². The molecule has 0 saturated heterocycles. The molecule has 0 aromatic carbocycles. The number of pyridine rings is 1. The van der Waals surface area contributed by atoms with E-state index < -0.39 is 0 Å². The third kappa shape index (κ3) is 3.50. The van der Waals surface area contributed by atoms with E-state index in [0.29, 0.717) is 16.8 Å². The molecule has 0 aliphatic heterocycles. The fourth-order valence-corrected chi connectivity index (χ4v) is 2.61. The van der Waals surface area contributed by atoms with Crippen LogP contribution < -0.4 is 11.1 Å². The van der Waals surface area contributed by atoms with Gasteiger partial charge in [-0.3, -0.25) is 0 Å². The Hall–Kier alpha value is -0.960. The lowest BCUT2D eigenvalue weighted by atomic mass is 10.0. The predicted octanol–water partition coefficient (Wildman–Crippen LogP) is 3.70. The molecule has 1 saturated carbocycles. The molecule has 0 spiro atoms. The van der Waals surface area contributed by atoms with E-state index >= 15 is 0 Å². The number of hydrogen-bond acceptors (Lipinski definition) is 3. The molecule has 0 amide bonds. The Morgan fingerprint density at radius 3 is 2.94 bits per heavy atom. The summed E-state index contributed by atoms with van der Waals surface area (Å²) in [6.07, 6.45) is 7.95. The highest BCUT2D eigenvalue weighted by atomic mass is 35.5. The second kappa shape index (κ2) is 5.58. The Balaban J connectivity index is 2.00. The summed E-state index contributed by atoms with van der Waals surface area (Å²) in [4.78, 5) is 4.25. The zero-order valence-corrected chi connectivity index (χ0v) is 11.0. The normalized spacial score (nSPS) is 25.3. The van der Waals surface area contributed by atoms with Gasteiger partial charge in [-0.25, -0.2) is 4.98 Å². The summed E-state index contributed by atoms with van der Waals surface area (Å²) in [5, 5.41) is 4.05. The van der Waals surface area contributed by atoms with Crippen LogP contribution in [0.5, 0.6) is 0 Å². The molecule has 2 atom stereocenters. The van der Waals surface area contributed by atoms with Crippen molar-refractivity contribution in [2.75, 3.05) is 11.1 Å². The SMILES string of the molecule is CC1CCCC(Nc2ncc(N)cc2Cl)CC1. The number of halogens is 1. The van der Waals surface area contributed by atoms with Crippen molar-refractivity contribution in [1.82, 2.24) is 4.98 Å². The van der Waals surface area contributed by atoms with E-state index in [1.807, 2.05) is 0 Å². The minimum atomic E-state index is 0.494. The largest absolute Gasteiger partial charge is 0.397 e. The summed E-state index contributed by atoms with van der Waals surface area (Å²) < 4.78 is 0.